The molecule has 2 amide bonds. The first-order valence-corrected chi connectivity index (χ1v) is 11.5. The number of amides is 2. The van der Waals surface area contributed by atoms with Gasteiger partial charge in [0.15, 0.2) is 11.9 Å². The van der Waals surface area contributed by atoms with Crippen molar-refractivity contribution in [1.29, 1.82) is 0 Å². The topological polar surface area (TPSA) is 79.8 Å². The summed E-state index contributed by atoms with van der Waals surface area (Å²) >= 11 is 5.68. The number of benzene rings is 3. The number of alkyl halides is 6. The second-order valence-electron chi connectivity index (χ2n) is 8.48. The van der Waals surface area contributed by atoms with Gasteiger partial charge in [-0.2, -0.15) is 26.3 Å². The second-order valence-corrected chi connectivity index (χ2v) is 8.89. The first-order valence-electron chi connectivity index (χ1n) is 11.2. The van der Waals surface area contributed by atoms with Crippen LogP contribution in [0.15, 0.2) is 53.7 Å². The van der Waals surface area contributed by atoms with Crippen LogP contribution in [-0.2, 0) is 15.8 Å². The lowest BCUT2D eigenvalue weighted by Crippen LogP contribution is -2.40. The van der Waals surface area contributed by atoms with Crippen LogP contribution >= 0.6 is 11.6 Å². The van der Waals surface area contributed by atoms with Gasteiger partial charge >= 0.3 is 12.4 Å². The van der Waals surface area contributed by atoms with E-state index in [0.717, 1.165) is 6.07 Å². The number of nitrogens with one attached hydrogen (secondary N) is 2. The standard InChI is InChI=1S/C25H17ClF7N3O3/c26-18-8-12(7-17(22(18)27)25(31,32)33)20-9-19(36-39-20)15-5-6-16(14-4-2-1-3-13(14)15)23(38)34-10-21(37)35-11-24(28,29)30/h1-8,20H,9-11H2,(H,34,38)(H,35,37). The highest BCUT2D eigenvalue weighted by Gasteiger charge is 2.37. The van der Waals surface area contributed by atoms with Gasteiger partial charge in [0.2, 0.25) is 5.91 Å². The maximum atomic E-state index is 13.9. The van der Waals surface area contributed by atoms with Crippen molar-refractivity contribution >= 4 is 39.9 Å². The summed E-state index contributed by atoms with van der Waals surface area (Å²) in [5.41, 5.74) is -0.610. The zero-order valence-electron chi connectivity index (χ0n) is 19.5. The maximum absolute atomic E-state index is 13.9. The first-order chi connectivity index (χ1) is 18.2. The number of halogens is 8. The largest absolute Gasteiger partial charge is 0.419 e. The molecule has 39 heavy (non-hydrogen) atoms. The lowest BCUT2D eigenvalue weighted by atomic mass is 9.93. The molecule has 1 atom stereocenters. The van der Waals surface area contributed by atoms with Crippen LogP contribution in [0.4, 0.5) is 30.7 Å². The van der Waals surface area contributed by atoms with Crippen LogP contribution in [0.3, 0.4) is 0 Å². The zero-order chi connectivity index (χ0) is 28.5. The number of nitrogens with zero attached hydrogens (tertiary/aromatic N) is 1. The molecular formula is C25H17ClF7N3O3. The van der Waals surface area contributed by atoms with E-state index in [0.29, 0.717) is 28.1 Å². The first kappa shape index (κ1) is 28.1. The van der Waals surface area contributed by atoms with E-state index in [4.69, 9.17) is 16.4 Å². The minimum absolute atomic E-state index is 0.00811. The Balaban J connectivity index is 1.54. The lowest BCUT2D eigenvalue weighted by molar-refractivity contribution is -0.140. The molecule has 2 N–H and O–H groups in total. The number of hydrogen-bond donors (Lipinski definition) is 2. The van der Waals surface area contributed by atoms with E-state index in [1.165, 1.54) is 12.1 Å². The van der Waals surface area contributed by atoms with Gasteiger partial charge in [-0.25, -0.2) is 4.39 Å². The van der Waals surface area contributed by atoms with Gasteiger partial charge in [0.1, 0.15) is 6.54 Å². The average Bonchev–Trinajstić information content (AvgIpc) is 3.36. The van der Waals surface area contributed by atoms with Crippen molar-refractivity contribution in [2.45, 2.75) is 24.9 Å². The van der Waals surface area contributed by atoms with Crippen molar-refractivity contribution in [3.63, 3.8) is 0 Å². The number of oxime groups is 1. The highest BCUT2D eigenvalue weighted by atomic mass is 35.5. The van der Waals surface area contributed by atoms with Crippen molar-refractivity contribution in [3.05, 3.63) is 81.6 Å². The predicted octanol–water partition coefficient (Wildman–Crippen LogP) is 5.93. The van der Waals surface area contributed by atoms with Crippen molar-refractivity contribution < 1.29 is 45.2 Å². The predicted molar refractivity (Wildman–Crippen MR) is 127 cm³/mol. The number of fused-ring (bicyclic) bond motifs is 1. The monoisotopic (exact) mass is 575 g/mol. The number of carbonyl (C=O) groups excluding carboxylic acids is 2. The van der Waals surface area contributed by atoms with Crippen LogP contribution in [0, 0.1) is 5.82 Å². The molecule has 0 radical (unpaired) electrons. The minimum atomic E-state index is -4.97. The Morgan fingerprint density at radius 1 is 1.00 bits per heavy atom. The molecule has 0 fully saturated rings. The fraction of sp³-hybridized carbons (Fsp3) is 0.240. The van der Waals surface area contributed by atoms with Crippen molar-refractivity contribution in [2.75, 3.05) is 13.1 Å². The fourth-order valence-electron chi connectivity index (χ4n) is 3.98. The summed E-state index contributed by atoms with van der Waals surface area (Å²) < 4.78 is 90.4. The quantitative estimate of drug-likeness (QED) is 0.358. The summed E-state index contributed by atoms with van der Waals surface area (Å²) in [4.78, 5) is 29.7. The summed E-state index contributed by atoms with van der Waals surface area (Å²) in [6, 6.07) is 11.1. The molecule has 0 spiro atoms. The van der Waals surface area contributed by atoms with Crippen molar-refractivity contribution in [1.82, 2.24) is 10.6 Å². The summed E-state index contributed by atoms with van der Waals surface area (Å²) in [6.07, 6.45) is -10.6. The molecule has 1 heterocycles. The van der Waals surface area contributed by atoms with E-state index in [2.05, 4.69) is 10.5 Å². The van der Waals surface area contributed by atoms with Gasteiger partial charge < -0.3 is 15.5 Å². The number of carbonyl (C=O) groups is 2. The van der Waals surface area contributed by atoms with E-state index >= 15 is 0 Å². The van der Waals surface area contributed by atoms with E-state index in [9.17, 15) is 40.3 Å². The van der Waals surface area contributed by atoms with Gasteiger partial charge in [0, 0.05) is 17.5 Å². The zero-order valence-corrected chi connectivity index (χ0v) is 20.3. The molecule has 4 rings (SSSR count). The smallest absolute Gasteiger partial charge is 0.387 e. The molecule has 3 aromatic carbocycles. The molecule has 1 aliphatic heterocycles. The molecule has 0 aliphatic carbocycles. The third kappa shape index (κ3) is 6.41. The van der Waals surface area contributed by atoms with Crippen LogP contribution in [0.2, 0.25) is 5.02 Å². The summed E-state index contributed by atoms with van der Waals surface area (Å²) in [6.45, 7) is -2.22. The Morgan fingerprint density at radius 3 is 2.36 bits per heavy atom. The van der Waals surface area contributed by atoms with E-state index < -0.39 is 59.8 Å². The van der Waals surface area contributed by atoms with Gasteiger partial charge in [-0.3, -0.25) is 9.59 Å². The second kappa shape index (κ2) is 10.7. The highest BCUT2D eigenvalue weighted by Crippen LogP contribution is 2.39. The average molecular weight is 576 g/mol. The van der Waals surface area contributed by atoms with Crippen LogP contribution in [0.1, 0.15) is 39.6 Å². The lowest BCUT2D eigenvalue weighted by Gasteiger charge is -2.15. The Kier molecular flexibility index (Phi) is 7.73. The van der Waals surface area contributed by atoms with E-state index in [1.54, 1.807) is 29.6 Å². The molecule has 3 aromatic rings. The normalized spacial score (nSPS) is 15.6. The molecule has 1 aliphatic rings. The summed E-state index contributed by atoms with van der Waals surface area (Å²) in [7, 11) is 0. The Labute approximate surface area is 220 Å². The van der Waals surface area contributed by atoms with Crippen LogP contribution < -0.4 is 10.6 Å². The van der Waals surface area contributed by atoms with Crippen LogP contribution in [0.5, 0.6) is 0 Å². The Morgan fingerprint density at radius 2 is 1.69 bits per heavy atom. The molecule has 14 heteroatoms. The molecule has 206 valence electrons. The number of hydrogen-bond acceptors (Lipinski definition) is 4. The van der Waals surface area contributed by atoms with Crippen molar-refractivity contribution in [3.8, 4) is 0 Å². The molecule has 0 aromatic heterocycles. The van der Waals surface area contributed by atoms with Gasteiger partial charge in [-0.05, 0) is 34.5 Å². The molecule has 0 saturated carbocycles. The third-order valence-corrected chi connectivity index (χ3v) is 6.05. The molecule has 6 nitrogen and oxygen atoms in total. The Hall–Kier alpha value is -3.87. The molecule has 0 saturated heterocycles. The molecule has 1 unspecified atom stereocenters. The van der Waals surface area contributed by atoms with Crippen molar-refractivity contribution in [2.24, 2.45) is 5.16 Å². The van der Waals surface area contributed by atoms with Gasteiger partial charge in [-0.1, -0.05) is 47.1 Å². The maximum Gasteiger partial charge on any atom is 0.419 e. The van der Waals surface area contributed by atoms with Gasteiger partial charge in [0.25, 0.3) is 5.91 Å². The van der Waals surface area contributed by atoms with Gasteiger partial charge in [-0.15, -0.1) is 0 Å². The Bertz CT molecular complexity index is 1470. The van der Waals surface area contributed by atoms with Crippen LogP contribution in [-0.4, -0.2) is 36.8 Å². The number of rotatable bonds is 6. The van der Waals surface area contributed by atoms with E-state index in [1.807, 2.05) is 0 Å². The SMILES string of the molecule is O=C(CNC(=O)c1ccc(C2=NOC(c3cc(Cl)c(F)c(C(F)(F)F)c3)C2)c2ccccc12)NCC(F)(F)F. The highest BCUT2D eigenvalue weighted by molar-refractivity contribution is 6.30. The fourth-order valence-corrected chi connectivity index (χ4v) is 4.21. The van der Waals surface area contributed by atoms with Crippen LogP contribution in [0.25, 0.3) is 10.8 Å². The van der Waals surface area contributed by atoms with Gasteiger partial charge in [0.05, 0.1) is 22.8 Å². The van der Waals surface area contributed by atoms with E-state index in [-0.39, 0.29) is 17.5 Å². The third-order valence-electron chi connectivity index (χ3n) is 5.77. The minimum Gasteiger partial charge on any atom is -0.387 e. The molecule has 0 bridgehead atoms. The molecular weight excluding hydrogens is 559 g/mol. The summed E-state index contributed by atoms with van der Waals surface area (Å²) in [5, 5.41) is 8.11. The summed E-state index contributed by atoms with van der Waals surface area (Å²) in [5.74, 6) is -3.34.